The zero-order chi connectivity index (χ0) is 14.6. The molecule has 0 aromatic rings. The lowest BCUT2D eigenvalue weighted by Gasteiger charge is -2.39. The molecule has 0 atom stereocenters. The number of allylic oxidation sites excluding steroid dienone is 1. The van der Waals surface area contributed by atoms with Gasteiger partial charge in [-0.15, -0.1) is 0 Å². The average molecular weight is 266 g/mol. The van der Waals surface area contributed by atoms with Crippen molar-refractivity contribution >= 4 is 11.8 Å². The van der Waals surface area contributed by atoms with E-state index in [4.69, 9.17) is 4.74 Å². The zero-order valence-electron chi connectivity index (χ0n) is 12.6. The second-order valence-electron chi connectivity index (χ2n) is 6.37. The van der Waals surface area contributed by atoms with Gasteiger partial charge in [-0.25, -0.2) is 4.79 Å². The van der Waals surface area contributed by atoms with Crippen molar-refractivity contribution in [2.75, 3.05) is 6.61 Å². The fourth-order valence-electron chi connectivity index (χ4n) is 2.69. The molecule has 3 heteroatoms. The molecule has 1 aliphatic carbocycles. The van der Waals surface area contributed by atoms with Crippen molar-refractivity contribution in [3.8, 4) is 0 Å². The van der Waals surface area contributed by atoms with Crippen molar-refractivity contribution in [1.29, 1.82) is 0 Å². The lowest BCUT2D eigenvalue weighted by atomic mass is 9.66. The number of carbonyl (C=O) groups excluding carboxylic acids is 2. The number of hydrogen-bond donors (Lipinski definition) is 0. The fraction of sp³-hybridized carbons (Fsp3) is 0.750. The summed E-state index contributed by atoms with van der Waals surface area (Å²) in [6.07, 6.45) is 4.41. The molecule has 0 unspecified atom stereocenters. The molecular weight excluding hydrogens is 240 g/mol. The van der Waals surface area contributed by atoms with Gasteiger partial charge in [0.1, 0.15) is 0 Å². The summed E-state index contributed by atoms with van der Waals surface area (Å²) >= 11 is 0. The van der Waals surface area contributed by atoms with E-state index in [1.165, 1.54) is 12.5 Å². The highest BCUT2D eigenvalue weighted by molar-refractivity contribution is 6.32. The van der Waals surface area contributed by atoms with Gasteiger partial charge in [0.2, 0.25) is 5.78 Å². The van der Waals surface area contributed by atoms with Crippen LogP contribution >= 0.6 is 0 Å². The van der Waals surface area contributed by atoms with Crippen LogP contribution in [0.4, 0.5) is 0 Å². The van der Waals surface area contributed by atoms with Crippen LogP contribution in [0.5, 0.6) is 0 Å². The summed E-state index contributed by atoms with van der Waals surface area (Å²) in [5.74, 6) is -0.160. The van der Waals surface area contributed by atoms with E-state index in [0.717, 1.165) is 25.7 Å². The molecule has 0 N–H and O–H groups in total. The van der Waals surface area contributed by atoms with Crippen LogP contribution < -0.4 is 0 Å². The fourth-order valence-corrected chi connectivity index (χ4v) is 2.69. The Morgan fingerprint density at radius 1 is 1.16 bits per heavy atom. The van der Waals surface area contributed by atoms with Crippen molar-refractivity contribution in [3.05, 3.63) is 12.2 Å². The van der Waals surface area contributed by atoms with Crippen molar-refractivity contribution in [3.63, 3.8) is 0 Å². The first-order valence-corrected chi connectivity index (χ1v) is 7.08. The Bertz CT molecular complexity index is 360. The third-order valence-corrected chi connectivity index (χ3v) is 4.70. The Hall–Kier alpha value is -1.12. The summed E-state index contributed by atoms with van der Waals surface area (Å²) in [5.41, 5.74) is 1.42. The lowest BCUT2D eigenvalue weighted by Crippen LogP contribution is -2.31. The number of carbonyl (C=O) groups is 2. The van der Waals surface area contributed by atoms with Crippen molar-refractivity contribution in [2.45, 2.75) is 53.4 Å². The second-order valence-corrected chi connectivity index (χ2v) is 6.37. The van der Waals surface area contributed by atoms with Gasteiger partial charge >= 0.3 is 5.97 Å². The highest BCUT2D eigenvalue weighted by Gasteiger charge is 2.33. The van der Waals surface area contributed by atoms with Gasteiger partial charge in [-0.3, -0.25) is 4.79 Å². The minimum Gasteiger partial charge on any atom is -0.460 e. The van der Waals surface area contributed by atoms with Crippen LogP contribution in [-0.2, 0) is 14.3 Å². The number of ether oxygens (including phenoxy) is 1. The highest BCUT2D eigenvalue weighted by atomic mass is 16.5. The zero-order valence-corrected chi connectivity index (χ0v) is 12.6. The van der Waals surface area contributed by atoms with E-state index in [1.54, 1.807) is 0 Å². The summed E-state index contributed by atoms with van der Waals surface area (Å²) in [5, 5.41) is 0. The molecule has 0 aromatic carbocycles. The number of esters is 1. The Kier molecular flexibility index (Phi) is 5.33. The molecule has 1 rings (SSSR count). The van der Waals surface area contributed by atoms with E-state index in [0.29, 0.717) is 18.4 Å². The first-order chi connectivity index (χ1) is 8.75. The van der Waals surface area contributed by atoms with Crippen molar-refractivity contribution in [1.82, 2.24) is 0 Å². The summed E-state index contributed by atoms with van der Waals surface area (Å²) in [6, 6.07) is 0. The first kappa shape index (κ1) is 15.9. The van der Waals surface area contributed by atoms with E-state index in [9.17, 15) is 9.59 Å². The van der Waals surface area contributed by atoms with Crippen LogP contribution in [0.25, 0.3) is 0 Å². The minimum absolute atomic E-state index is 0.182. The molecule has 108 valence electrons. The molecular formula is C16H26O3. The van der Waals surface area contributed by atoms with Gasteiger partial charge in [-0.05, 0) is 49.9 Å². The summed E-state index contributed by atoms with van der Waals surface area (Å²) in [6.45, 7) is 12.3. The molecule has 1 aliphatic rings. The second kappa shape index (κ2) is 6.36. The minimum atomic E-state index is -0.704. The van der Waals surface area contributed by atoms with E-state index in [-0.39, 0.29) is 5.41 Å². The Balaban J connectivity index is 2.39. The van der Waals surface area contributed by atoms with Gasteiger partial charge < -0.3 is 4.74 Å². The molecule has 1 saturated carbocycles. The molecule has 0 aromatic heterocycles. The molecule has 0 aliphatic heterocycles. The van der Waals surface area contributed by atoms with Gasteiger partial charge in [0.25, 0.3) is 0 Å². The summed E-state index contributed by atoms with van der Waals surface area (Å²) in [4.78, 5) is 21.9. The van der Waals surface area contributed by atoms with Crippen LogP contribution in [0.3, 0.4) is 0 Å². The maximum Gasteiger partial charge on any atom is 0.374 e. The quantitative estimate of drug-likeness (QED) is 0.434. The van der Waals surface area contributed by atoms with E-state index >= 15 is 0 Å². The van der Waals surface area contributed by atoms with Gasteiger partial charge in [-0.2, -0.15) is 0 Å². The molecule has 0 spiro atoms. The van der Waals surface area contributed by atoms with Crippen LogP contribution in [-0.4, -0.2) is 18.4 Å². The van der Waals surface area contributed by atoms with Crippen LogP contribution in [0.2, 0.25) is 0 Å². The third kappa shape index (κ3) is 4.19. The van der Waals surface area contributed by atoms with Gasteiger partial charge in [-0.1, -0.05) is 26.0 Å². The number of ketones is 1. The van der Waals surface area contributed by atoms with Crippen LogP contribution in [0, 0.1) is 17.3 Å². The predicted octanol–water partition coefficient (Wildman–Crippen LogP) is 3.53. The molecule has 0 heterocycles. The lowest BCUT2D eigenvalue weighted by molar-refractivity contribution is -0.154. The number of hydrogen-bond acceptors (Lipinski definition) is 3. The van der Waals surface area contributed by atoms with E-state index in [2.05, 4.69) is 27.4 Å². The molecule has 0 saturated heterocycles. The van der Waals surface area contributed by atoms with Gasteiger partial charge in [0.15, 0.2) is 0 Å². The Labute approximate surface area is 116 Å². The third-order valence-electron chi connectivity index (χ3n) is 4.70. The van der Waals surface area contributed by atoms with Crippen molar-refractivity contribution in [2.24, 2.45) is 17.3 Å². The predicted molar refractivity (Wildman–Crippen MR) is 75.7 cm³/mol. The molecule has 3 nitrogen and oxygen atoms in total. The molecule has 1 fully saturated rings. The molecule has 19 heavy (non-hydrogen) atoms. The largest absolute Gasteiger partial charge is 0.460 e. The normalized spacial score (nSPS) is 23.8. The van der Waals surface area contributed by atoms with Gasteiger partial charge in [0, 0.05) is 6.92 Å². The Morgan fingerprint density at radius 2 is 1.68 bits per heavy atom. The first-order valence-electron chi connectivity index (χ1n) is 7.08. The van der Waals surface area contributed by atoms with Crippen molar-refractivity contribution < 1.29 is 14.3 Å². The summed E-state index contributed by atoms with van der Waals surface area (Å²) in [7, 11) is 0. The van der Waals surface area contributed by atoms with E-state index < -0.39 is 11.8 Å². The number of Topliss-reactive ketones (excluding diaryl/α,β-unsaturated/α-hetero) is 1. The average Bonchev–Trinajstić information content (AvgIpc) is 2.36. The highest BCUT2D eigenvalue weighted by Crippen LogP contribution is 2.43. The monoisotopic (exact) mass is 266 g/mol. The molecule has 0 bridgehead atoms. The topological polar surface area (TPSA) is 43.4 Å². The van der Waals surface area contributed by atoms with Gasteiger partial charge in [0.05, 0.1) is 6.61 Å². The molecule has 0 radical (unpaired) electrons. The maximum absolute atomic E-state index is 11.1. The summed E-state index contributed by atoms with van der Waals surface area (Å²) < 4.78 is 5.01. The Morgan fingerprint density at radius 3 is 2.11 bits per heavy atom. The van der Waals surface area contributed by atoms with Crippen LogP contribution in [0.15, 0.2) is 12.2 Å². The SMILES string of the molecule is C=C(C)C(C)(C)C1CCC(COC(=O)C(C)=O)CC1. The smallest absolute Gasteiger partial charge is 0.374 e. The molecule has 0 amide bonds. The number of rotatable bonds is 5. The van der Waals surface area contributed by atoms with Crippen LogP contribution in [0.1, 0.15) is 53.4 Å². The maximum atomic E-state index is 11.1. The van der Waals surface area contributed by atoms with E-state index in [1.807, 2.05) is 0 Å². The standard InChI is InChI=1S/C16H26O3/c1-11(2)16(4,5)14-8-6-13(7-9-14)10-19-15(18)12(3)17/h13-14H,1,6-10H2,2-5H3.